The zero-order chi connectivity index (χ0) is 19.9. The fourth-order valence-corrected chi connectivity index (χ4v) is 4.49. The number of sulfone groups is 1. The maximum Gasteiger partial charge on any atom is 0.350 e. The summed E-state index contributed by atoms with van der Waals surface area (Å²) in [7, 11) is -3.35. The summed E-state index contributed by atoms with van der Waals surface area (Å²) in [6, 6.07) is 11.7. The molecule has 4 rings (SSSR count). The third-order valence-corrected chi connectivity index (χ3v) is 5.97. The van der Waals surface area contributed by atoms with E-state index in [4.69, 9.17) is 0 Å². The molecular formula is C19H18N4O4S. The molecule has 3 aromatic rings. The van der Waals surface area contributed by atoms with Gasteiger partial charge in [-0.05, 0) is 37.3 Å². The molecule has 0 radical (unpaired) electrons. The third-order valence-electron chi connectivity index (χ3n) is 4.60. The summed E-state index contributed by atoms with van der Waals surface area (Å²) in [6.45, 7) is 1.63. The van der Waals surface area contributed by atoms with Gasteiger partial charge in [-0.3, -0.25) is 9.20 Å². The van der Waals surface area contributed by atoms with E-state index in [-0.39, 0.29) is 12.3 Å². The topological polar surface area (TPSA) is 93.8 Å². The molecule has 0 N–H and O–H groups in total. The van der Waals surface area contributed by atoms with Crippen molar-refractivity contribution in [2.24, 2.45) is 0 Å². The van der Waals surface area contributed by atoms with E-state index in [1.165, 1.54) is 15.4 Å². The van der Waals surface area contributed by atoms with Crippen LogP contribution in [0.3, 0.4) is 0 Å². The number of carbonyl (C=O) groups is 1. The van der Waals surface area contributed by atoms with E-state index in [9.17, 15) is 18.0 Å². The van der Waals surface area contributed by atoms with Crippen molar-refractivity contribution >= 4 is 27.1 Å². The predicted molar refractivity (Wildman–Crippen MR) is 105 cm³/mol. The minimum atomic E-state index is -3.35. The minimum absolute atomic E-state index is 0.188. The summed E-state index contributed by atoms with van der Waals surface area (Å²) in [4.78, 5) is 27.0. The number of hydrogen-bond acceptors (Lipinski definition) is 5. The normalized spacial score (nSPS) is 17.8. The van der Waals surface area contributed by atoms with Crippen molar-refractivity contribution in [1.82, 2.24) is 14.2 Å². The molecule has 0 unspecified atom stereocenters. The average molecular weight is 398 g/mol. The van der Waals surface area contributed by atoms with Crippen LogP contribution >= 0.6 is 0 Å². The molecule has 0 aliphatic carbocycles. The Balaban J connectivity index is 1.70. The van der Waals surface area contributed by atoms with Crippen molar-refractivity contribution in [3.63, 3.8) is 0 Å². The minimum Gasteiger partial charge on any atom is -0.303 e. The van der Waals surface area contributed by atoms with Crippen LogP contribution in [0.2, 0.25) is 0 Å². The summed E-state index contributed by atoms with van der Waals surface area (Å²) in [6.07, 6.45) is 3.08. The molecule has 2 aromatic heterocycles. The Labute approximate surface area is 161 Å². The van der Waals surface area contributed by atoms with Gasteiger partial charge in [-0.1, -0.05) is 23.8 Å². The first-order valence-corrected chi connectivity index (χ1v) is 10.4. The highest BCUT2D eigenvalue weighted by molar-refractivity contribution is 7.94. The van der Waals surface area contributed by atoms with Gasteiger partial charge in [0.2, 0.25) is 5.91 Å². The van der Waals surface area contributed by atoms with Crippen molar-refractivity contribution in [2.75, 3.05) is 10.7 Å². The Kier molecular flexibility index (Phi) is 4.38. The fourth-order valence-electron chi connectivity index (χ4n) is 3.22. The summed E-state index contributed by atoms with van der Waals surface area (Å²) in [5, 5.41) is 5.31. The predicted octanol–water partition coefficient (Wildman–Crippen LogP) is 1.15. The fraction of sp³-hybridized carbons (Fsp3) is 0.211. The van der Waals surface area contributed by atoms with Crippen molar-refractivity contribution < 1.29 is 13.2 Å². The van der Waals surface area contributed by atoms with Gasteiger partial charge >= 0.3 is 5.69 Å². The number of amides is 1. The van der Waals surface area contributed by atoms with Gasteiger partial charge in [0.25, 0.3) is 0 Å². The van der Waals surface area contributed by atoms with Crippen molar-refractivity contribution in [3.05, 3.63) is 76.2 Å². The van der Waals surface area contributed by atoms with Crippen LogP contribution in [-0.4, -0.2) is 40.3 Å². The zero-order valence-corrected chi connectivity index (χ0v) is 15.9. The molecule has 0 saturated carbocycles. The third kappa shape index (κ3) is 3.36. The quantitative estimate of drug-likeness (QED) is 0.657. The number of fused-ring (bicyclic) bond motifs is 1. The molecule has 0 spiro atoms. The number of carbonyl (C=O) groups excluding carboxylic acids is 1. The van der Waals surface area contributed by atoms with E-state index >= 15 is 0 Å². The van der Waals surface area contributed by atoms with Crippen LogP contribution in [-0.2, 0) is 21.2 Å². The Morgan fingerprint density at radius 3 is 2.61 bits per heavy atom. The lowest BCUT2D eigenvalue weighted by atomic mass is 10.1. The number of rotatable bonds is 4. The molecule has 0 saturated heterocycles. The highest BCUT2D eigenvalue weighted by Crippen LogP contribution is 2.23. The molecule has 9 heteroatoms. The first-order chi connectivity index (χ1) is 13.3. The largest absolute Gasteiger partial charge is 0.350 e. The van der Waals surface area contributed by atoms with Gasteiger partial charge in [-0.15, -0.1) is 5.10 Å². The van der Waals surface area contributed by atoms with Gasteiger partial charge < -0.3 is 4.90 Å². The number of pyridine rings is 1. The first-order valence-electron chi connectivity index (χ1n) is 8.68. The zero-order valence-electron chi connectivity index (χ0n) is 15.1. The van der Waals surface area contributed by atoms with E-state index in [0.717, 1.165) is 15.7 Å². The van der Waals surface area contributed by atoms with E-state index < -0.39 is 27.5 Å². The molecule has 8 nitrogen and oxygen atoms in total. The van der Waals surface area contributed by atoms with E-state index in [1.807, 2.05) is 19.1 Å². The smallest absolute Gasteiger partial charge is 0.303 e. The molecule has 3 heterocycles. The average Bonchev–Trinajstić information content (AvgIpc) is 3.17. The second-order valence-electron chi connectivity index (χ2n) is 6.69. The Morgan fingerprint density at radius 2 is 1.96 bits per heavy atom. The lowest BCUT2D eigenvalue weighted by Crippen LogP contribution is -2.44. The number of hydrogen-bond donors (Lipinski definition) is 0. The Hall–Kier alpha value is -3.20. The summed E-state index contributed by atoms with van der Waals surface area (Å²) in [5.41, 5.74) is 1.59. The Bertz CT molecular complexity index is 1240. The van der Waals surface area contributed by atoms with Crippen LogP contribution in [0, 0.1) is 6.92 Å². The highest BCUT2D eigenvalue weighted by Gasteiger charge is 2.32. The second-order valence-corrected chi connectivity index (χ2v) is 8.62. The monoisotopic (exact) mass is 398 g/mol. The molecule has 28 heavy (non-hydrogen) atoms. The molecule has 0 fully saturated rings. The number of benzene rings is 1. The van der Waals surface area contributed by atoms with Crippen LogP contribution in [0.1, 0.15) is 5.56 Å². The van der Waals surface area contributed by atoms with E-state index in [1.54, 1.807) is 36.5 Å². The molecule has 1 aliphatic heterocycles. The molecular weight excluding hydrogens is 380 g/mol. The summed E-state index contributed by atoms with van der Waals surface area (Å²) >= 11 is 0. The number of aromatic nitrogens is 3. The SMILES string of the molecule is Cc1ccc(N(C(=O)Cn2nc3ccccn3c2=O)[C@@H]2C=CS(=O)(=O)C2)cc1. The maximum absolute atomic E-state index is 13.1. The van der Waals surface area contributed by atoms with Crippen molar-refractivity contribution in [1.29, 1.82) is 0 Å². The van der Waals surface area contributed by atoms with Crippen molar-refractivity contribution in [3.8, 4) is 0 Å². The van der Waals surface area contributed by atoms with Crippen molar-refractivity contribution in [2.45, 2.75) is 19.5 Å². The second kappa shape index (κ2) is 6.75. The van der Waals surface area contributed by atoms with Crippen LogP contribution in [0.4, 0.5) is 5.69 Å². The van der Waals surface area contributed by atoms with Crippen LogP contribution < -0.4 is 10.6 Å². The first kappa shape index (κ1) is 18.2. The van der Waals surface area contributed by atoms with E-state index in [2.05, 4.69) is 5.10 Å². The molecule has 1 atom stereocenters. The summed E-state index contributed by atoms with van der Waals surface area (Å²) in [5.74, 6) is -0.603. The van der Waals surface area contributed by atoms with Crippen LogP contribution in [0.15, 0.2) is 64.9 Å². The van der Waals surface area contributed by atoms with Gasteiger partial charge in [0.1, 0.15) is 6.54 Å². The van der Waals surface area contributed by atoms with Crippen LogP contribution in [0.5, 0.6) is 0 Å². The van der Waals surface area contributed by atoms with E-state index in [0.29, 0.717) is 11.3 Å². The standard InChI is InChI=1S/C19H18N4O4S/c1-14-5-7-15(8-6-14)23(16-9-11-28(26,27)13-16)18(24)12-22-19(25)21-10-3-2-4-17(21)20-22/h2-11,16H,12-13H2,1H3/t16-/m1/s1. The molecule has 0 bridgehead atoms. The lowest BCUT2D eigenvalue weighted by Gasteiger charge is -2.27. The summed E-state index contributed by atoms with van der Waals surface area (Å²) < 4.78 is 26.2. The van der Waals surface area contributed by atoms with Gasteiger partial charge in [0, 0.05) is 17.3 Å². The molecule has 1 aromatic carbocycles. The van der Waals surface area contributed by atoms with Gasteiger partial charge in [0.05, 0.1) is 11.8 Å². The molecule has 1 aliphatic rings. The number of anilines is 1. The Morgan fingerprint density at radius 1 is 1.21 bits per heavy atom. The maximum atomic E-state index is 13.1. The van der Waals surface area contributed by atoms with Gasteiger partial charge in [0.15, 0.2) is 15.5 Å². The molecule has 1 amide bonds. The number of nitrogens with zero attached hydrogens (tertiary/aromatic N) is 4. The van der Waals surface area contributed by atoms with Crippen LogP contribution in [0.25, 0.3) is 5.65 Å². The highest BCUT2D eigenvalue weighted by atomic mass is 32.2. The molecule has 144 valence electrons. The van der Waals surface area contributed by atoms with Gasteiger partial charge in [-0.2, -0.15) is 0 Å². The van der Waals surface area contributed by atoms with Gasteiger partial charge in [-0.25, -0.2) is 17.9 Å². The number of aryl methyl sites for hydroxylation is 1. The lowest BCUT2D eigenvalue weighted by molar-refractivity contribution is -0.119.